The fourth-order valence-corrected chi connectivity index (χ4v) is 1.79. The summed E-state index contributed by atoms with van der Waals surface area (Å²) in [6.07, 6.45) is 4.11. The van der Waals surface area contributed by atoms with Gasteiger partial charge in [0.2, 0.25) is 0 Å². The first kappa shape index (κ1) is 7.03. The summed E-state index contributed by atoms with van der Waals surface area (Å²) in [6, 6.07) is 0. The second-order valence-electron chi connectivity index (χ2n) is 3.23. The highest BCUT2D eigenvalue weighted by atomic mass is 15.4. The highest BCUT2D eigenvalue weighted by Gasteiger charge is 2.25. The zero-order chi connectivity index (χ0) is 8.67. The molecule has 0 aliphatic carbocycles. The summed E-state index contributed by atoms with van der Waals surface area (Å²) in [4.78, 5) is 8.89. The summed E-state index contributed by atoms with van der Waals surface area (Å²) in [5.41, 5.74) is 10.8. The van der Waals surface area contributed by atoms with E-state index in [-0.39, 0.29) is 0 Å². The first-order chi connectivity index (χ1) is 6.45. The lowest BCUT2D eigenvalue weighted by molar-refractivity contribution is 0.690. The van der Waals surface area contributed by atoms with Crippen molar-refractivity contribution in [1.82, 2.24) is 10.9 Å². The molecule has 3 rings (SSSR count). The van der Waals surface area contributed by atoms with Gasteiger partial charge in [0.25, 0.3) is 0 Å². The van der Waals surface area contributed by atoms with Gasteiger partial charge in [-0.15, -0.1) is 0 Å². The van der Waals surface area contributed by atoms with Gasteiger partial charge in [-0.3, -0.25) is 9.98 Å². The van der Waals surface area contributed by atoms with E-state index in [0.717, 1.165) is 31.1 Å². The van der Waals surface area contributed by atoms with E-state index in [1.807, 2.05) is 6.08 Å². The molecule has 0 amide bonds. The predicted octanol–water partition coefficient (Wildman–Crippen LogP) is -0.186. The number of dihydropyridines is 2. The molecule has 4 nitrogen and oxygen atoms in total. The SMILES string of the molecule is C1=CC2=NCC3=C(CNN3)C2=NC1. The van der Waals surface area contributed by atoms with E-state index in [1.165, 1.54) is 11.3 Å². The van der Waals surface area contributed by atoms with Crippen LogP contribution in [0.4, 0.5) is 0 Å². The molecule has 66 valence electrons. The first-order valence-corrected chi connectivity index (χ1v) is 4.42. The van der Waals surface area contributed by atoms with Gasteiger partial charge in [0, 0.05) is 12.1 Å². The van der Waals surface area contributed by atoms with Gasteiger partial charge in [0.15, 0.2) is 0 Å². The molecule has 0 atom stereocenters. The van der Waals surface area contributed by atoms with Crippen molar-refractivity contribution in [2.24, 2.45) is 9.98 Å². The smallest absolute Gasteiger partial charge is 0.0894 e. The van der Waals surface area contributed by atoms with Gasteiger partial charge >= 0.3 is 0 Å². The standard InChI is InChI=1S/C9H10N4/c1-2-7-9(10-3-1)6-4-12-13-8(6)5-11-7/h1-2,12-13H,3-5H2. The van der Waals surface area contributed by atoms with Gasteiger partial charge < -0.3 is 5.43 Å². The van der Waals surface area contributed by atoms with Crippen molar-refractivity contribution < 1.29 is 0 Å². The van der Waals surface area contributed by atoms with E-state index >= 15 is 0 Å². The topological polar surface area (TPSA) is 48.8 Å². The minimum atomic E-state index is 0.751. The lowest BCUT2D eigenvalue weighted by Gasteiger charge is -2.16. The Morgan fingerprint density at radius 2 is 2.31 bits per heavy atom. The molecule has 0 aromatic carbocycles. The summed E-state index contributed by atoms with van der Waals surface area (Å²) < 4.78 is 0. The molecular weight excluding hydrogens is 164 g/mol. The summed E-state index contributed by atoms with van der Waals surface area (Å²) in [5, 5.41) is 0. The molecule has 0 bridgehead atoms. The molecule has 0 spiro atoms. The maximum atomic E-state index is 4.46. The van der Waals surface area contributed by atoms with E-state index < -0.39 is 0 Å². The largest absolute Gasteiger partial charge is 0.323 e. The second kappa shape index (κ2) is 2.53. The molecule has 0 saturated carbocycles. The molecule has 0 fully saturated rings. The third-order valence-electron chi connectivity index (χ3n) is 2.44. The Labute approximate surface area is 76.1 Å². The highest BCUT2D eigenvalue weighted by Crippen LogP contribution is 2.17. The predicted molar refractivity (Wildman–Crippen MR) is 51.9 cm³/mol. The van der Waals surface area contributed by atoms with E-state index in [4.69, 9.17) is 0 Å². The Kier molecular flexibility index (Phi) is 1.37. The Morgan fingerprint density at radius 3 is 3.31 bits per heavy atom. The molecule has 0 aromatic heterocycles. The van der Waals surface area contributed by atoms with Gasteiger partial charge in [0.05, 0.1) is 30.2 Å². The molecule has 0 radical (unpaired) electrons. The van der Waals surface area contributed by atoms with Crippen molar-refractivity contribution >= 4 is 11.4 Å². The molecular formula is C9H10N4. The molecule has 3 aliphatic rings. The fourth-order valence-electron chi connectivity index (χ4n) is 1.79. The summed E-state index contributed by atoms with van der Waals surface area (Å²) in [6.45, 7) is 2.40. The maximum absolute atomic E-state index is 4.46. The van der Waals surface area contributed by atoms with E-state index in [1.54, 1.807) is 0 Å². The van der Waals surface area contributed by atoms with Crippen LogP contribution in [0.3, 0.4) is 0 Å². The third kappa shape index (κ3) is 0.954. The van der Waals surface area contributed by atoms with Crippen LogP contribution in [0, 0.1) is 0 Å². The summed E-state index contributed by atoms with van der Waals surface area (Å²) in [7, 11) is 0. The van der Waals surface area contributed by atoms with Crippen molar-refractivity contribution in [1.29, 1.82) is 0 Å². The fraction of sp³-hybridized carbons (Fsp3) is 0.333. The van der Waals surface area contributed by atoms with Gasteiger partial charge in [-0.05, 0) is 6.08 Å². The van der Waals surface area contributed by atoms with Gasteiger partial charge in [0.1, 0.15) is 0 Å². The average Bonchev–Trinajstić information content (AvgIpc) is 2.65. The quantitative estimate of drug-likeness (QED) is 0.535. The van der Waals surface area contributed by atoms with Crippen molar-refractivity contribution in [2.75, 3.05) is 19.6 Å². The number of nitrogens with one attached hydrogen (secondary N) is 2. The Balaban J connectivity index is 2.07. The highest BCUT2D eigenvalue weighted by molar-refractivity contribution is 6.53. The van der Waals surface area contributed by atoms with Gasteiger partial charge in [-0.1, -0.05) is 6.08 Å². The number of allylic oxidation sites excluding steroid dienone is 1. The molecule has 2 N–H and O–H groups in total. The first-order valence-electron chi connectivity index (χ1n) is 4.42. The van der Waals surface area contributed by atoms with Crippen LogP contribution < -0.4 is 10.9 Å². The minimum absolute atomic E-state index is 0.751. The summed E-state index contributed by atoms with van der Waals surface area (Å²) in [5.74, 6) is 0. The number of rotatable bonds is 0. The van der Waals surface area contributed by atoms with Crippen LogP contribution in [-0.4, -0.2) is 31.1 Å². The van der Waals surface area contributed by atoms with Crippen LogP contribution in [0.2, 0.25) is 0 Å². The number of hydrazine groups is 1. The van der Waals surface area contributed by atoms with Crippen molar-refractivity contribution in [3.63, 3.8) is 0 Å². The maximum Gasteiger partial charge on any atom is 0.0894 e. The van der Waals surface area contributed by atoms with Crippen LogP contribution >= 0.6 is 0 Å². The van der Waals surface area contributed by atoms with Crippen LogP contribution in [0.5, 0.6) is 0 Å². The van der Waals surface area contributed by atoms with Crippen molar-refractivity contribution in [2.45, 2.75) is 0 Å². The molecule has 0 unspecified atom stereocenters. The summed E-state index contributed by atoms with van der Waals surface area (Å²) >= 11 is 0. The van der Waals surface area contributed by atoms with E-state index in [0.29, 0.717) is 0 Å². The molecule has 3 heterocycles. The molecule has 3 aliphatic heterocycles. The molecule has 4 heteroatoms. The lowest BCUT2D eigenvalue weighted by Crippen LogP contribution is -2.25. The van der Waals surface area contributed by atoms with Crippen molar-refractivity contribution in [3.8, 4) is 0 Å². The van der Waals surface area contributed by atoms with E-state index in [2.05, 4.69) is 26.9 Å². The minimum Gasteiger partial charge on any atom is -0.323 e. The third-order valence-corrected chi connectivity index (χ3v) is 2.44. The van der Waals surface area contributed by atoms with E-state index in [9.17, 15) is 0 Å². The Bertz CT molecular complexity index is 373. The Hall–Kier alpha value is -1.42. The molecule has 0 aromatic rings. The van der Waals surface area contributed by atoms with Crippen LogP contribution in [0.15, 0.2) is 33.4 Å². The van der Waals surface area contributed by atoms with Gasteiger partial charge in [-0.25, -0.2) is 5.43 Å². The van der Waals surface area contributed by atoms with Crippen LogP contribution in [0.25, 0.3) is 0 Å². The second-order valence-corrected chi connectivity index (χ2v) is 3.23. The zero-order valence-electron chi connectivity index (χ0n) is 7.17. The van der Waals surface area contributed by atoms with Crippen molar-refractivity contribution in [3.05, 3.63) is 23.4 Å². The number of fused-ring (bicyclic) bond motifs is 2. The average molecular weight is 174 g/mol. The lowest BCUT2D eigenvalue weighted by atomic mass is 10.00. The number of hydrogen-bond donors (Lipinski definition) is 2. The van der Waals surface area contributed by atoms with Crippen LogP contribution in [0.1, 0.15) is 0 Å². The normalized spacial score (nSPS) is 24.6. The van der Waals surface area contributed by atoms with Gasteiger partial charge in [-0.2, -0.15) is 0 Å². The number of nitrogens with zero attached hydrogens (tertiary/aromatic N) is 2. The Morgan fingerprint density at radius 1 is 1.31 bits per heavy atom. The van der Waals surface area contributed by atoms with Crippen LogP contribution in [-0.2, 0) is 0 Å². The monoisotopic (exact) mass is 174 g/mol. The molecule has 13 heavy (non-hydrogen) atoms. The zero-order valence-corrected chi connectivity index (χ0v) is 7.17. The molecule has 0 saturated heterocycles. The number of aliphatic imine (C=N–C) groups is 2. The number of hydrogen-bond acceptors (Lipinski definition) is 4.